The molecule has 1 aromatic rings. The Morgan fingerprint density at radius 1 is 1.60 bits per heavy atom. The van der Waals surface area contributed by atoms with Crippen molar-refractivity contribution in [3.63, 3.8) is 0 Å². The molecule has 0 amide bonds. The van der Waals surface area contributed by atoms with Gasteiger partial charge in [-0.05, 0) is 59.7 Å². The van der Waals surface area contributed by atoms with Crippen molar-refractivity contribution < 1.29 is 4.74 Å². The van der Waals surface area contributed by atoms with Crippen LogP contribution in [-0.2, 0) is 11.3 Å². The second kappa shape index (κ2) is 5.43. The van der Waals surface area contributed by atoms with Crippen molar-refractivity contribution in [2.75, 3.05) is 13.6 Å². The van der Waals surface area contributed by atoms with Crippen LogP contribution >= 0.6 is 27.3 Å². The fraction of sp³-hybridized carbons (Fsp3) is 0.636. The summed E-state index contributed by atoms with van der Waals surface area (Å²) in [6.45, 7) is 1.89. The van der Waals surface area contributed by atoms with Crippen LogP contribution in [0.1, 0.15) is 17.7 Å². The zero-order valence-corrected chi connectivity index (χ0v) is 11.2. The first-order valence-electron chi connectivity index (χ1n) is 5.27. The van der Waals surface area contributed by atoms with Crippen LogP contribution in [0.25, 0.3) is 0 Å². The summed E-state index contributed by atoms with van der Waals surface area (Å²) in [6.07, 6.45) is 2.91. The quantitative estimate of drug-likeness (QED) is 0.900. The van der Waals surface area contributed by atoms with Gasteiger partial charge < -0.3 is 10.1 Å². The second-order valence-corrected chi connectivity index (χ2v) is 5.87. The highest BCUT2D eigenvalue weighted by atomic mass is 79.9. The first kappa shape index (κ1) is 11.6. The molecule has 1 fully saturated rings. The number of thiophene rings is 1. The van der Waals surface area contributed by atoms with Crippen LogP contribution in [0.15, 0.2) is 15.9 Å². The molecule has 0 spiro atoms. The molecule has 0 bridgehead atoms. The van der Waals surface area contributed by atoms with E-state index in [4.69, 9.17) is 4.74 Å². The van der Waals surface area contributed by atoms with E-state index in [1.807, 2.05) is 7.05 Å². The third-order valence-corrected chi connectivity index (χ3v) is 4.73. The van der Waals surface area contributed by atoms with Gasteiger partial charge in [0.05, 0.1) is 12.7 Å². The SMILES string of the molecule is CNCC1CC(OCc2sccc2Br)C1. The fourth-order valence-corrected chi connectivity index (χ4v) is 3.27. The van der Waals surface area contributed by atoms with Gasteiger partial charge >= 0.3 is 0 Å². The van der Waals surface area contributed by atoms with E-state index in [0.29, 0.717) is 6.10 Å². The van der Waals surface area contributed by atoms with E-state index in [2.05, 4.69) is 32.7 Å². The molecule has 1 aromatic heterocycles. The first-order chi connectivity index (χ1) is 7.29. The van der Waals surface area contributed by atoms with Gasteiger partial charge in [-0.1, -0.05) is 0 Å². The normalized spacial score (nSPS) is 25.2. The Morgan fingerprint density at radius 2 is 2.40 bits per heavy atom. The van der Waals surface area contributed by atoms with Crippen molar-refractivity contribution >= 4 is 27.3 Å². The fourth-order valence-electron chi connectivity index (χ4n) is 1.89. The summed E-state index contributed by atoms with van der Waals surface area (Å²) in [7, 11) is 2.01. The molecule has 1 heterocycles. The summed E-state index contributed by atoms with van der Waals surface area (Å²) in [5.74, 6) is 0.826. The van der Waals surface area contributed by atoms with Gasteiger partial charge in [0.1, 0.15) is 0 Å². The number of hydrogen-bond acceptors (Lipinski definition) is 3. The molecule has 0 unspecified atom stereocenters. The van der Waals surface area contributed by atoms with Gasteiger partial charge in [0.2, 0.25) is 0 Å². The first-order valence-corrected chi connectivity index (χ1v) is 6.95. The standard InChI is InChI=1S/C11H16BrNOS/c1-13-6-8-4-9(5-8)14-7-11-10(12)2-3-15-11/h2-3,8-9,13H,4-7H2,1H3. The Kier molecular flexibility index (Phi) is 4.20. The highest BCUT2D eigenvalue weighted by molar-refractivity contribution is 9.10. The van der Waals surface area contributed by atoms with Crippen molar-refractivity contribution in [1.29, 1.82) is 0 Å². The van der Waals surface area contributed by atoms with Gasteiger partial charge in [0.25, 0.3) is 0 Å². The highest BCUT2D eigenvalue weighted by Gasteiger charge is 2.29. The monoisotopic (exact) mass is 289 g/mol. The van der Waals surface area contributed by atoms with Gasteiger partial charge in [-0.2, -0.15) is 0 Å². The predicted octanol–water partition coefficient (Wildman–Crippen LogP) is 3.03. The Labute approximate surface area is 103 Å². The molecule has 1 aliphatic carbocycles. The maximum absolute atomic E-state index is 5.83. The zero-order chi connectivity index (χ0) is 10.7. The summed E-state index contributed by atoms with van der Waals surface area (Å²) in [4.78, 5) is 1.30. The molecular formula is C11H16BrNOS. The topological polar surface area (TPSA) is 21.3 Å². The van der Waals surface area contributed by atoms with Crippen molar-refractivity contribution in [2.24, 2.45) is 5.92 Å². The number of halogens is 1. The lowest BCUT2D eigenvalue weighted by molar-refractivity contribution is -0.0383. The summed E-state index contributed by atoms with van der Waals surface area (Å²) in [6, 6.07) is 2.08. The molecule has 1 aliphatic rings. The van der Waals surface area contributed by atoms with E-state index < -0.39 is 0 Å². The molecule has 1 saturated carbocycles. The average molecular weight is 290 g/mol. The summed E-state index contributed by atoms with van der Waals surface area (Å²) >= 11 is 5.27. The minimum Gasteiger partial charge on any atom is -0.373 e. The van der Waals surface area contributed by atoms with Crippen molar-refractivity contribution in [2.45, 2.75) is 25.6 Å². The Hall–Kier alpha value is 0.100. The maximum Gasteiger partial charge on any atom is 0.0824 e. The predicted molar refractivity (Wildman–Crippen MR) is 67.2 cm³/mol. The molecule has 0 aromatic carbocycles. The molecule has 0 aliphatic heterocycles. The van der Waals surface area contributed by atoms with Crippen molar-refractivity contribution in [1.82, 2.24) is 5.32 Å². The van der Waals surface area contributed by atoms with E-state index in [1.165, 1.54) is 22.2 Å². The number of ether oxygens (including phenoxy) is 1. The van der Waals surface area contributed by atoms with Gasteiger partial charge in [-0.3, -0.25) is 0 Å². The minimum absolute atomic E-state index is 0.484. The molecule has 0 saturated heterocycles. The lowest BCUT2D eigenvalue weighted by Gasteiger charge is -2.34. The molecule has 15 heavy (non-hydrogen) atoms. The van der Waals surface area contributed by atoms with Crippen molar-refractivity contribution in [3.05, 3.63) is 20.8 Å². The molecule has 4 heteroatoms. The molecule has 2 rings (SSSR count). The van der Waals surface area contributed by atoms with Crippen LogP contribution < -0.4 is 5.32 Å². The number of rotatable bonds is 5. The lowest BCUT2D eigenvalue weighted by Crippen LogP contribution is -2.36. The van der Waals surface area contributed by atoms with Gasteiger partial charge in [-0.25, -0.2) is 0 Å². The second-order valence-electron chi connectivity index (χ2n) is 4.02. The molecule has 1 N–H and O–H groups in total. The Bertz CT molecular complexity index is 309. The molecule has 84 valence electrons. The Balaban J connectivity index is 1.66. The van der Waals surface area contributed by atoms with Crippen LogP contribution in [0.3, 0.4) is 0 Å². The Morgan fingerprint density at radius 3 is 3.00 bits per heavy atom. The van der Waals surface area contributed by atoms with Gasteiger partial charge in [0.15, 0.2) is 0 Å². The van der Waals surface area contributed by atoms with Crippen molar-refractivity contribution in [3.8, 4) is 0 Å². The molecule has 0 radical (unpaired) electrons. The number of hydrogen-bond donors (Lipinski definition) is 1. The van der Waals surface area contributed by atoms with Gasteiger partial charge in [-0.15, -0.1) is 11.3 Å². The van der Waals surface area contributed by atoms with E-state index in [9.17, 15) is 0 Å². The molecule has 0 atom stereocenters. The third-order valence-electron chi connectivity index (χ3n) is 2.83. The van der Waals surface area contributed by atoms with Crippen LogP contribution in [0, 0.1) is 5.92 Å². The summed E-state index contributed by atoms with van der Waals surface area (Å²) in [5, 5.41) is 5.30. The maximum atomic E-state index is 5.83. The average Bonchev–Trinajstić information content (AvgIpc) is 2.55. The van der Waals surface area contributed by atoms with Gasteiger partial charge in [0, 0.05) is 9.35 Å². The highest BCUT2D eigenvalue weighted by Crippen LogP contribution is 2.31. The van der Waals surface area contributed by atoms with Crippen LogP contribution in [0.2, 0.25) is 0 Å². The largest absolute Gasteiger partial charge is 0.373 e. The summed E-state index contributed by atoms with van der Waals surface area (Å²) < 4.78 is 7.01. The summed E-state index contributed by atoms with van der Waals surface area (Å²) in [5.41, 5.74) is 0. The smallest absolute Gasteiger partial charge is 0.0824 e. The van der Waals surface area contributed by atoms with Crippen LogP contribution in [0.5, 0.6) is 0 Å². The van der Waals surface area contributed by atoms with E-state index in [-0.39, 0.29) is 0 Å². The van der Waals surface area contributed by atoms with E-state index in [0.717, 1.165) is 19.1 Å². The number of nitrogens with one attached hydrogen (secondary N) is 1. The van der Waals surface area contributed by atoms with Crippen LogP contribution in [0.4, 0.5) is 0 Å². The van der Waals surface area contributed by atoms with Crippen LogP contribution in [-0.4, -0.2) is 19.7 Å². The minimum atomic E-state index is 0.484. The third kappa shape index (κ3) is 3.03. The molecule has 2 nitrogen and oxygen atoms in total. The van der Waals surface area contributed by atoms with E-state index in [1.54, 1.807) is 11.3 Å². The lowest BCUT2D eigenvalue weighted by atomic mass is 9.82. The van der Waals surface area contributed by atoms with E-state index >= 15 is 0 Å². The molecular weight excluding hydrogens is 274 g/mol. The zero-order valence-electron chi connectivity index (χ0n) is 8.83.